The van der Waals surface area contributed by atoms with Crippen LogP contribution in [0.25, 0.3) is 10.9 Å². The summed E-state index contributed by atoms with van der Waals surface area (Å²) in [6, 6.07) is 12.1. The van der Waals surface area contributed by atoms with Gasteiger partial charge in [-0.25, -0.2) is 0 Å². The second-order valence-corrected chi connectivity index (χ2v) is 6.29. The number of rotatable bonds is 6. The maximum absolute atomic E-state index is 12.6. The van der Waals surface area contributed by atoms with Crippen LogP contribution in [0, 0.1) is 13.8 Å². The molecule has 1 amide bonds. The quantitative estimate of drug-likeness (QED) is 0.670. The fourth-order valence-corrected chi connectivity index (χ4v) is 3.14. The number of benzene rings is 2. The van der Waals surface area contributed by atoms with E-state index < -0.39 is 6.61 Å². The molecule has 1 aromatic heterocycles. The number of aryl methyl sites for hydroxylation is 2. The number of halogens is 2. The van der Waals surface area contributed by atoms with Crippen molar-refractivity contribution < 1.29 is 23.0 Å². The Bertz CT molecular complexity index is 1020. The number of ether oxygens (including phenoxy) is 2. The van der Waals surface area contributed by atoms with Gasteiger partial charge in [0.1, 0.15) is 0 Å². The summed E-state index contributed by atoms with van der Waals surface area (Å²) in [5.74, 6) is -0.268. The highest BCUT2D eigenvalue weighted by atomic mass is 19.3. The number of alkyl halides is 2. The molecule has 0 fully saturated rings. The standard InChI is InChI=1S/C21H20F2N2O3/c1-12-15-6-4-5-7-17(15)24-13(2)16(12)11-20(26)25-14-8-9-18(27-3)19(10-14)28-21(22)23/h4-10,21H,11H2,1-3H3,(H,25,26). The molecule has 0 aliphatic carbocycles. The Morgan fingerprint density at radius 2 is 1.89 bits per heavy atom. The summed E-state index contributed by atoms with van der Waals surface area (Å²) in [6.07, 6.45) is 0.118. The molecule has 5 nitrogen and oxygen atoms in total. The Kier molecular flexibility index (Phi) is 5.73. The number of aromatic nitrogens is 1. The van der Waals surface area contributed by atoms with E-state index in [9.17, 15) is 13.6 Å². The zero-order chi connectivity index (χ0) is 20.3. The van der Waals surface area contributed by atoms with Gasteiger partial charge in [0.15, 0.2) is 11.5 Å². The monoisotopic (exact) mass is 386 g/mol. The van der Waals surface area contributed by atoms with E-state index in [1.165, 1.54) is 19.2 Å². The van der Waals surface area contributed by atoms with Gasteiger partial charge in [-0.05, 0) is 43.2 Å². The molecule has 146 valence electrons. The summed E-state index contributed by atoms with van der Waals surface area (Å²) in [4.78, 5) is 17.1. The molecule has 3 aromatic rings. The number of anilines is 1. The lowest BCUT2D eigenvalue weighted by Crippen LogP contribution is -2.16. The molecule has 3 rings (SSSR count). The van der Waals surface area contributed by atoms with Crippen molar-refractivity contribution >= 4 is 22.5 Å². The SMILES string of the molecule is COc1ccc(NC(=O)Cc2c(C)nc3ccccc3c2C)cc1OC(F)F. The molecule has 0 aliphatic rings. The van der Waals surface area contributed by atoms with Crippen LogP contribution in [0.2, 0.25) is 0 Å². The first-order valence-corrected chi connectivity index (χ1v) is 8.66. The second-order valence-electron chi connectivity index (χ2n) is 6.29. The van der Waals surface area contributed by atoms with Crippen molar-refractivity contribution in [3.05, 3.63) is 59.3 Å². The van der Waals surface area contributed by atoms with Crippen LogP contribution in [0.3, 0.4) is 0 Å². The van der Waals surface area contributed by atoms with E-state index in [1.54, 1.807) is 6.07 Å². The number of nitrogens with zero attached hydrogens (tertiary/aromatic N) is 1. The largest absolute Gasteiger partial charge is 0.493 e. The molecule has 0 unspecified atom stereocenters. The van der Waals surface area contributed by atoms with Crippen LogP contribution in [0.5, 0.6) is 11.5 Å². The zero-order valence-electron chi connectivity index (χ0n) is 15.8. The molecular weight excluding hydrogens is 366 g/mol. The van der Waals surface area contributed by atoms with Gasteiger partial charge in [-0.2, -0.15) is 8.78 Å². The fourth-order valence-electron chi connectivity index (χ4n) is 3.14. The fraction of sp³-hybridized carbons (Fsp3) is 0.238. The molecule has 7 heteroatoms. The summed E-state index contributed by atoms with van der Waals surface area (Å²) < 4.78 is 34.6. The van der Waals surface area contributed by atoms with Gasteiger partial charge in [-0.3, -0.25) is 9.78 Å². The van der Waals surface area contributed by atoms with Crippen LogP contribution in [0.15, 0.2) is 42.5 Å². The van der Waals surface area contributed by atoms with Crippen LogP contribution >= 0.6 is 0 Å². The predicted octanol–water partition coefficient (Wildman–Crippen LogP) is 4.64. The van der Waals surface area contributed by atoms with Gasteiger partial charge in [0.05, 0.1) is 19.0 Å². The minimum absolute atomic E-state index is 0.118. The summed E-state index contributed by atoms with van der Waals surface area (Å²) in [5, 5.41) is 3.70. The third-order valence-corrected chi connectivity index (χ3v) is 4.49. The number of nitrogens with one attached hydrogen (secondary N) is 1. The number of fused-ring (bicyclic) bond motifs is 1. The van der Waals surface area contributed by atoms with Crippen LogP contribution in [-0.4, -0.2) is 24.6 Å². The number of carbonyl (C=O) groups excluding carboxylic acids is 1. The van der Waals surface area contributed by atoms with Crippen LogP contribution in [0.4, 0.5) is 14.5 Å². The van der Waals surface area contributed by atoms with Crippen molar-refractivity contribution in [2.75, 3.05) is 12.4 Å². The number of hydrogen-bond donors (Lipinski definition) is 1. The molecule has 0 saturated heterocycles. The maximum Gasteiger partial charge on any atom is 0.387 e. The summed E-state index contributed by atoms with van der Waals surface area (Å²) in [5.41, 5.74) is 3.84. The van der Waals surface area contributed by atoms with E-state index >= 15 is 0 Å². The van der Waals surface area contributed by atoms with Crippen molar-refractivity contribution in [2.45, 2.75) is 26.9 Å². The normalized spacial score (nSPS) is 10.9. The van der Waals surface area contributed by atoms with Crippen LogP contribution in [-0.2, 0) is 11.2 Å². The lowest BCUT2D eigenvalue weighted by molar-refractivity contribution is -0.115. The molecule has 28 heavy (non-hydrogen) atoms. The highest BCUT2D eigenvalue weighted by Gasteiger charge is 2.15. The number of para-hydroxylation sites is 1. The van der Waals surface area contributed by atoms with Crippen molar-refractivity contribution in [2.24, 2.45) is 0 Å². The molecule has 1 heterocycles. The first-order chi connectivity index (χ1) is 13.4. The minimum Gasteiger partial charge on any atom is -0.493 e. The highest BCUT2D eigenvalue weighted by molar-refractivity contribution is 5.94. The summed E-state index contributed by atoms with van der Waals surface area (Å²) in [6.45, 7) is 0.833. The molecular formula is C21H20F2N2O3. The molecule has 0 aliphatic heterocycles. The van der Waals surface area contributed by atoms with Gasteiger partial charge in [-0.1, -0.05) is 18.2 Å². The number of pyridine rings is 1. The van der Waals surface area contributed by atoms with Gasteiger partial charge in [0.2, 0.25) is 5.91 Å². The maximum atomic E-state index is 12.6. The molecule has 0 saturated carbocycles. The smallest absolute Gasteiger partial charge is 0.387 e. The van der Waals surface area contributed by atoms with Crippen LogP contribution < -0.4 is 14.8 Å². The second kappa shape index (κ2) is 8.21. The van der Waals surface area contributed by atoms with E-state index in [-0.39, 0.29) is 23.8 Å². The number of methoxy groups -OCH3 is 1. The molecule has 0 radical (unpaired) electrons. The topological polar surface area (TPSA) is 60.5 Å². The zero-order valence-corrected chi connectivity index (χ0v) is 15.8. The van der Waals surface area contributed by atoms with Crippen LogP contribution in [0.1, 0.15) is 16.8 Å². The lowest BCUT2D eigenvalue weighted by Gasteiger charge is -2.14. The molecule has 0 spiro atoms. The molecule has 1 N–H and O–H groups in total. The Morgan fingerprint density at radius 1 is 1.14 bits per heavy atom. The van der Waals surface area contributed by atoms with E-state index in [2.05, 4.69) is 15.0 Å². The van der Waals surface area contributed by atoms with Gasteiger partial charge in [-0.15, -0.1) is 0 Å². The van der Waals surface area contributed by atoms with Gasteiger partial charge in [0, 0.05) is 22.8 Å². The van der Waals surface area contributed by atoms with Crippen molar-refractivity contribution in [1.29, 1.82) is 0 Å². The minimum atomic E-state index is -2.99. The number of carbonyl (C=O) groups is 1. The van der Waals surface area contributed by atoms with E-state index in [4.69, 9.17) is 4.74 Å². The van der Waals surface area contributed by atoms with Crippen molar-refractivity contribution in [3.8, 4) is 11.5 Å². The molecule has 2 aromatic carbocycles. The van der Waals surface area contributed by atoms with Gasteiger partial charge in [0.25, 0.3) is 0 Å². The van der Waals surface area contributed by atoms with Crippen molar-refractivity contribution in [3.63, 3.8) is 0 Å². The van der Waals surface area contributed by atoms with E-state index in [0.717, 1.165) is 27.7 Å². The highest BCUT2D eigenvalue weighted by Crippen LogP contribution is 2.31. The average molecular weight is 386 g/mol. The Balaban J connectivity index is 1.82. The molecule has 0 atom stereocenters. The summed E-state index contributed by atoms with van der Waals surface area (Å²) >= 11 is 0. The van der Waals surface area contributed by atoms with Gasteiger partial charge >= 0.3 is 6.61 Å². The first kappa shape index (κ1) is 19.5. The number of hydrogen-bond acceptors (Lipinski definition) is 4. The Morgan fingerprint density at radius 3 is 2.61 bits per heavy atom. The van der Waals surface area contributed by atoms with Gasteiger partial charge < -0.3 is 14.8 Å². The third kappa shape index (κ3) is 4.19. The predicted molar refractivity (Wildman–Crippen MR) is 103 cm³/mol. The Hall–Kier alpha value is -3.22. The molecule has 0 bridgehead atoms. The summed E-state index contributed by atoms with van der Waals surface area (Å²) in [7, 11) is 1.35. The van der Waals surface area contributed by atoms with E-state index in [1.807, 2.05) is 38.1 Å². The first-order valence-electron chi connectivity index (χ1n) is 8.66. The average Bonchev–Trinajstić information content (AvgIpc) is 2.65. The van der Waals surface area contributed by atoms with E-state index in [0.29, 0.717) is 5.69 Å². The number of amides is 1. The van der Waals surface area contributed by atoms with Crippen molar-refractivity contribution in [1.82, 2.24) is 4.98 Å². The lowest BCUT2D eigenvalue weighted by atomic mass is 9.99. The Labute approximate surface area is 161 Å². The third-order valence-electron chi connectivity index (χ3n) is 4.49.